The van der Waals surface area contributed by atoms with Gasteiger partial charge < -0.3 is 19.7 Å². The van der Waals surface area contributed by atoms with Crippen LogP contribution in [-0.4, -0.2) is 57.3 Å². The fourth-order valence-corrected chi connectivity index (χ4v) is 8.23. The van der Waals surface area contributed by atoms with E-state index in [4.69, 9.17) is 21.1 Å². The van der Waals surface area contributed by atoms with Crippen LogP contribution < -0.4 is 0 Å². The lowest BCUT2D eigenvalue weighted by Crippen LogP contribution is -2.83. The molecule has 8 nitrogen and oxygen atoms in total. The summed E-state index contributed by atoms with van der Waals surface area (Å²) in [5.74, 6) is -5.46. The molecule has 2 aliphatic heterocycles. The van der Waals surface area contributed by atoms with Crippen molar-refractivity contribution in [3.05, 3.63) is 53.4 Å². The number of hydrogen-bond donors (Lipinski definition) is 2. The molecule has 3 heterocycles. The third-order valence-electron chi connectivity index (χ3n) is 9.48. The van der Waals surface area contributed by atoms with Crippen molar-refractivity contribution in [1.29, 1.82) is 0 Å². The molecule has 1 aromatic rings. The summed E-state index contributed by atoms with van der Waals surface area (Å²) in [7, 11) is 0. The molecule has 1 aromatic heterocycles. The van der Waals surface area contributed by atoms with E-state index in [-0.39, 0.29) is 28.7 Å². The van der Waals surface area contributed by atoms with Crippen LogP contribution in [0.4, 0.5) is 0 Å². The Labute approximate surface area is 207 Å². The van der Waals surface area contributed by atoms with Gasteiger partial charge in [-0.2, -0.15) is 0 Å². The summed E-state index contributed by atoms with van der Waals surface area (Å²) in [6.07, 6.45) is 2.97. The Kier molecular flexibility index (Phi) is 4.53. The molecule has 35 heavy (non-hydrogen) atoms. The molecule has 0 amide bonds. The maximum absolute atomic E-state index is 14.0. The number of aliphatic hydroxyl groups is 2. The smallest absolute Gasteiger partial charge is 0.338 e. The number of Topliss-reactive ketones (excluding diaryl/α,β-unsaturated/α-hetero) is 1. The van der Waals surface area contributed by atoms with Gasteiger partial charge in [0.05, 0.1) is 12.2 Å². The highest BCUT2D eigenvalue weighted by atomic mass is 35.5. The van der Waals surface area contributed by atoms with Crippen LogP contribution in [0.1, 0.15) is 37.0 Å². The largest absolute Gasteiger partial charge is 0.457 e. The molecule has 0 radical (unpaired) electrons. The third-order valence-corrected chi connectivity index (χ3v) is 9.69. The van der Waals surface area contributed by atoms with Crippen LogP contribution in [0.2, 0.25) is 5.15 Å². The highest BCUT2D eigenvalue weighted by Gasteiger charge is 2.86. The van der Waals surface area contributed by atoms with E-state index >= 15 is 0 Å². The highest BCUT2D eigenvalue weighted by molar-refractivity contribution is 6.29. The molecule has 4 aliphatic carbocycles. The molecule has 5 fully saturated rings. The minimum Gasteiger partial charge on any atom is -0.457 e. The first-order valence-electron chi connectivity index (χ1n) is 11.8. The number of carbonyl (C=O) groups excluding carboxylic acids is 3. The van der Waals surface area contributed by atoms with Gasteiger partial charge >= 0.3 is 5.97 Å². The van der Waals surface area contributed by atoms with E-state index in [2.05, 4.69) is 11.6 Å². The van der Waals surface area contributed by atoms with E-state index in [9.17, 15) is 24.6 Å². The predicted octanol–water partition coefficient (Wildman–Crippen LogP) is 2.27. The lowest BCUT2D eigenvalue weighted by atomic mass is 9.37. The normalized spacial score (nSPS) is 44.7. The van der Waals surface area contributed by atoms with E-state index < -0.39 is 63.7 Å². The van der Waals surface area contributed by atoms with E-state index in [0.717, 1.165) is 0 Å². The van der Waals surface area contributed by atoms with Gasteiger partial charge in [-0.15, -0.1) is 0 Å². The number of aliphatic hydroxyl groups excluding tert-OH is 1. The van der Waals surface area contributed by atoms with Crippen LogP contribution in [0.25, 0.3) is 0 Å². The van der Waals surface area contributed by atoms with Crippen molar-refractivity contribution in [3.8, 4) is 0 Å². The van der Waals surface area contributed by atoms with Gasteiger partial charge in [0, 0.05) is 28.9 Å². The zero-order chi connectivity index (χ0) is 25.1. The van der Waals surface area contributed by atoms with Gasteiger partial charge in [-0.3, -0.25) is 9.59 Å². The Morgan fingerprint density at radius 2 is 2.06 bits per heavy atom. The summed E-state index contributed by atoms with van der Waals surface area (Å²) in [6.45, 7) is 7.53. The summed E-state index contributed by atoms with van der Waals surface area (Å²) in [5.41, 5.74) is -3.26. The zero-order valence-electron chi connectivity index (χ0n) is 19.4. The summed E-state index contributed by atoms with van der Waals surface area (Å²) in [5, 5.41) is 23.9. The summed E-state index contributed by atoms with van der Waals surface area (Å²) >= 11 is 5.95. The number of nitrogens with zero attached hydrogens (tertiary/aromatic N) is 1. The van der Waals surface area contributed by atoms with Gasteiger partial charge in [0.25, 0.3) is 0 Å². The van der Waals surface area contributed by atoms with Crippen molar-refractivity contribution in [3.63, 3.8) is 0 Å². The molecule has 3 saturated carbocycles. The number of fused-ring (bicyclic) bond motifs is 2. The van der Waals surface area contributed by atoms with Crippen molar-refractivity contribution >= 4 is 29.1 Å². The first kappa shape index (κ1) is 23.0. The maximum atomic E-state index is 14.0. The van der Waals surface area contributed by atoms with Crippen LogP contribution in [-0.2, 0) is 19.1 Å². The molecule has 8 atom stereocenters. The number of pyridine rings is 1. The molecular weight excluding hydrogens is 474 g/mol. The number of hydrogen-bond acceptors (Lipinski definition) is 8. The fourth-order valence-electron chi connectivity index (χ4n) is 8.06. The Bertz CT molecular complexity index is 1240. The average molecular weight is 500 g/mol. The van der Waals surface area contributed by atoms with E-state index in [1.165, 1.54) is 24.4 Å². The first-order valence-corrected chi connectivity index (χ1v) is 12.1. The van der Waals surface area contributed by atoms with E-state index in [1.807, 2.05) is 0 Å². The zero-order valence-corrected chi connectivity index (χ0v) is 20.1. The second-order valence-corrected chi connectivity index (χ2v) is 11.5. The van der Waals surface area contributed by atoms with Crippen molar-refractivity contribution < 1.29 is 34.1 Å². The monoisotopic (exact) mass is 499 g/mol. The minimum atomic E-state index is -2.36. The highest BCUT2D eigenvalue weighted by Crippen LogP contribution is 2.75. The number of carbonyl (C=O) groups is 3. The van der Waals surface area contributed by atoms with Crippen LogP contribution in [0.15, 0.2) is 42.6 Å². The fraction of sp³-hybridized carbons (Fsp3) is 0.538. The SMILES string of the molecule is C=C1C(=O)[C@]23[C@H](OC(=O)c4ccnc(Cl)c4)[C@H]1CC[C@H]2[C@]12C=CC(=O)C(C)(C)[C@H]1[C@H](O)[C@]3(O)OC2. The Hall–Kier alpha value is -2.39. The van der Waals surface area contributed by atoms with Crippen molar-refractivity contribution in [2.45, 2.75) is 44.7 Å². The molecule has 2 saturated heterocycles. The molecule has 7 rings (SSSR count). The van der Waals surface area contributed by atoms with Gasteiger partial charge in [-0.05, 0) is 42.5 Å². The van der Waals surface area contributed by atoms with Crippen molar-refractivity contribution in [2.24, 2.45) is 34.0 Å². The van der Waals surface area contributed by atoms with Crippen LogP contribution in [0.5, 0.6) is 0 Å². The molecule has 4 bridgehead atoms. The standard InChI is InChI=1S/C26H26ClNO7/c1-12-14-4-5-15-24-8-6-16(29)23(2,3)18(24)20(31)26(33,34-11-24)25(15,19(12)30)21(14)35-22(32)13-7-9-28-17(27)10-13/h6-10,14-15,18,20-21,31,33H,1,4-5,11H2,2-3H3/t14-,15-,18+,20-,21+,24+,25-,26-/m0/s1. The molecular formula is C26H26ClNO7. The molecule has 2 N–H and O–H groups in total. The number of ketones is 2. The Morgan fingerprint density at radius 3 is 2.77 bits per heavy atom. The number of halogens is 1. The third kappa shape index (κ3) is 2.44. The predicted molar refractivity (Wildman–Crippen MR) is 122 cm³/mol. The number of allylic oxidation sites excluding steroid dienone is 1. The number of aromatic nitrogens is 1. The quantitative estimate of drug-likeness (QED) is 0.361. The van der Waals surface area contributed by atoms with Gasteiger partial charge in [-0.1, -0.05) is 38.1 Å². The van der Waals surface area contributed by atoms with Gasteiger partial charge in [0.1, 0.15) is 22.8 Å². The topological polar surface area (TPSA) is 123 Å². The number of rotatable bonds is 2. The second kappa shape index (κ2) is 6.88. The molecule has 184 valence electrons. The average Bonchev–Trinajstić information content (AvgIpc) is 2.92. The second-order valence-electron chi connectivity index (χ2n) is 11.1. The summed E-state index contributed by atoms with van der Waals surface area (Å²) < 4.78 is 12.0. The van der Waals surface area contributed by atoms with Gasteiger partial charge in [-0.25, -0.2) is 9.78 Å². The van der Waals surface area contributed by atoms with Gasteiger partial charge in [0.15, 0.2) is 11.6 Å². The van der Waals surface area contributed by atoms with Crippen molar-refractivity contribution in [2.75, 3.05) is 6.61 Å². The van der Waals surface area contributed by atoms with Crippen LogP contribution >= 0.6 is 11.6 Å². The summed E-state index contributed by atoms with van der Waals surface area (Å²) in [6, 6.07) is 2.81. The van der Waals surface area contributed by atoms with Gasteiger partial charge in [0.2, 0.25) is 5.79 Å². The minimum absolute atomic E-state index is 0.0376. The molecule has 0 aromatic carbocycles. The van der Waals surface area contributed by atoms with E-state index in [0.29, 0.717) is 12.8 Å². The lowest BCUT2D eigenvalue weighted by Gasteiger charge is -2.72. The molecule has 6 aliphatic rings. The molecule has 0 unspecified atom stereocenters. The molecule has 2 spiro atoms. The number of esters is 1. The van der Waals surface area contributed by atoms with Crippen LogP contribution in [0, 0.1) is 34.0 Å². The first-order chi connectivity index (χ1) is 16.4. The van der Waals surface area contributed by atoms with Crippen LogP contribution in [0.3, 0.4) is 0 Å². The summed E-state index contributed by atoms with van der Waals surface area (Å²) in [4.78, 5) is 43.9. The maximum Gasteiger partial charge on any atom is 0.338 e. The Morgan fingerprint density at radius 1 is 1.31 bits per heavy atom. The lowest BCUT2D eigenvalue weighted by molar-refractivity contribution is -0.433. The number of ether oxygens (including phenoxy) is 2. The Balaban J connectivity index is 1.54. The molecule has 9 heteroatoms. The van der Waals surface area contributed by atoms with E-state index in [1.54, 1.807) is 19.9 Å². The van der Waals surface area contributed by atoms with Crippen molar-refractivity contribution in [1.82, 2.24) is 4.98 Å².